The van der Waals surface area contributed by atoms with E-state index < -0.39 is 6.04 Å². The third-order valence-corrected chi connectivity index (χ3v) is 4.50. The molecule has 1 aromatic rings. The van der Waals surface area contributed by atoms with E-state index in [0.717, 1.165) is 0 Å². The SMILES string of the molecule is CCNC(=O)[C@@H]1C[C@@H](N)CN1C(=O)c1sc(OC)nc1C. The van der Waals surface area contributed by atoms with Crippen molar-refractivity contribution in [3.63, 3.8) is 0 Å². The molecule has 0 aliphatic carbocycles. The van der Waals surface area contributed by atoms with Gasteiger partial charge in [0.2, 0.25) is 5.91 Å². The minimum absolute atomic E-state index is 0.159. The van der Waals surface area contributed by atoms with E-state index in [-0.39, 0.29) is 17.9 Å². The third kappa shape index (κ3) is 3.16. The molecule has 21 heavy (non-hydrogen) atoms. The van der Waals surface area contributed by atoms with Gasteiger partial charge in [0.15, 0.2) is 0 Å². The van der Waals surface area contributed by atoms with Gasteiger partial charge in [0.1, 0.15) is 10.9 Å². The summed E-state index contributed by atoms with van der Waals surface area (Å²) < 4.78 is 5.06. The first-order valence-corrected chi connectivity index (χ1v) is 7.65. The zero-order chi connectivity index (χ0) is 15.6. The van der Waals surface area contributed by atoms with Gasteiger partial charge in [-0.2, -0.15) is 0 Å². The second-order valence-corrected chi connectivity index (χ2v) is 5.92. The average molecular weight is 312 g/mol. The molecule has 0 radical (unpaired) electrons. The second kappa shape index (κ2) is 6.40. The number of carbonyl (C=O) groups excluding carboxylic acids is 2. The lowest BCUT2D eigenvalue weighted by molar-refractivity contribution is -0.124. The first kappa shape index (κ1) is 15.7. The van der Waals surface area contributed by atoms with Gasteiger partial charge in [-0.05, 0) is 20.3 Å². The Hall–Kier alpha value is -1.67. The molecule has 0 unspecified atom stereocenters. The van der Waals surface area contributed by atoms with Gasteiger partial charge in [0, 0.05) is 19.1 Å². The number of aromatic nitrogens is 1. The van der Waals surface area contributed by atoms with E-state index in [9.17, 15) is 9.59 Å². The number of likely N-dealkylation sites (N-methyl/N-ethyl adjacent to an activating group) is 1. The van der Waals surface area contributed by atoms with Crippen molar-refractivity contribution < 1.29 is 14.3 Å². The van der Waals surface area contributed by atoms with Gasteiger partial charge in [-0.1, -0.05) is 11.3 Å². The van der Waals surface area contributed by atoms with Crippen molar-refractivity contribution in [2.24, 2.45) is 5.73 Å². The highest BCUT2D eigenvalue weighted by Crippen LogP contribution is 2.28. The van der Waals surface area contributed by atoms with E-state index in [2.05, 4.69) is 10.3 Å². The van der Waals surface area contributed by atoms with Crippen LogP contribution < -0.4 is 15.8 Å². The molecule has 3 N–H and O–H groups in total. The molecule has 1 aromatic heterocycles. The largest absolute Gasteiger partial charge is 0.473 e. The zero-order valence-corrected chi connectivity index (χ0v) is 13.2. The predicted octanol–water partition coefficient (Wildman–Crippen LogP) is 0.138. The Morgan fingerprint density at radius 2 is 2.29 bits per heavy atom. The second-order valence-electron chi connectivity index (χ2n) is 4.96. The molecule has 1 fully saturated rings. The van der Waals surface area contributed by atoms with Crippen molar-refractivity contribution in [3.05, 3.63) is 10.6 Å². The highest BCUT2D eigenvalue weighted by atomic mass is 32.1. The summed E-state index contributed by atoms with van der Waals surface area (Å²) in [6, 6.07) is -0.698. The van der Waals surface area contributed by atoms with Gasteiger partial charge in [-0.3, -0.25) is 9.59 Å². The summed E-state index contributed by atoms with van der Waals surface area (Å²) in [6.07, 6.45) is 0.479. The Bertz CT molecular complexity index is 546. The fourth-order valence-electron chi connectivity index (χ4n) is 2.42. The Morgan fingerprint density at radius 1 is 1.57 bits per heavy atom. The number of nitrogens with zero attached hydrogens (tertiary/aromatic N) is 2. The number of amides is 2. The highest BCUT2D eigenvalue weighted by Gasteiger charge is 2.39. The first-order chi connectivity index (χ1) is 9.97. The van der Waals surface area contributed by atoms with Gasteiger partial charge in [0.25, 0.3) is 11.1 Å². The van der Waals surface area contributed by atoms with Crippen LogP contribution in [-0.4, -0.2) is 54.0 Å². The maximum absolute atomic E-state index is 12.7. The van der Waals surface area contributed by atoms with Crippen LogP contribution in [0.1, 0.15) is 28.7 Å². The lowest BCUT2D eigenvalue weighted by Crippen LogP contribution is -2.45. The fourth-order valence-corrected chi connectivity index (χ4v) is 3.26. The summed E-state index contributed by atoms with van der Waals surface area (Å²) >= 11 is 1.19. The molecule has 1 aliphatic rings. The maximum atomic E-state index is 12.7. The molecule has 116 valence electrons. The zero-order valence-electron chi connectivity index (χ0n) is 12.4. The van der Waals surface area contributed by atoms with Gasteiger partial charge >= 0.3 is 0 Å². The molecule has 2 rings (SSSR count). The summed E-state index contributed by atoms with van der Waals surface area (Å²) in [5.41, 5.74) is 6.53. The van der Waals surface area contributed by atoms with Crippen molar-refractivity contribution in [1.82, 2.24) is 15.2 Å². The molecule has 0 bridgehead atoms. The predicted molar refractivity (Wildman–Crippen MR) is 79.5 cm³/mol. The number of methoxy groups -OCH3 is 1. The lowest BCUT2D eigenvalue weighted by Gasteiger charge is -2.23. The fraction of sp³-hybridized carbons (Fsp3) is 0.615. The van der Waals surface area contributed by atoms with Crippen LogP contribution in [0, 0.1) is 6.92 Å². The molecule has 0 spiro atoms. The molecular formula is C13H20N4O3S. The van der Waals surface area contributed by atoms with Crippen molar-refractivity contribution in [3.8, 4) is 5.19 Å². The minimum atomic E-state index is -0.514. The number of likely N-dealkylation sites (tertiary alicyclic amines) is 1. The quantitative estimate of drug-likeness (QED) is 0.824. The van der Waals surface area contributed by atoms with Crippen molar-refractivity contribution in [2.75, 3.05) is 20.2 Å². The Kier molecular flexibility index (Phi) is 4.79. The third-order valence-electron chi connectivity index (χ3n) is 3.39. The van der Waals surface area contributed by atoms with Crippen LogP contribution in [0.15, 0.2) is 0 Å². The van der Waals surface area contributed by atoms with Crippen LogP contribution in [0.2, 0.25) is 0 Å². The summed E-state index contributed by atoms with van der Waals surface area (Å²) in [5.74, 6) is -0.370. The van der Waals surface area contributed by atoms with Gasteiger partial charge in [0.05, 0.1) is 12.8 Å². The van der Waals surface area contributed by atoms with Crippen LogP contribution in [0.5, 0.6) is 5.19 Å². The molecule has 2 heterocycles. The van der Waals surface area contributed by atoms with E-state index in [4.69, 9.17) is 10.5 Å². The van der Waals surface area contributed by atoms with E-state index in [1.807, 2.05) is 6.92 Å². The Morgan fingerprint density at radius 3 is 2.86 bits per heavy atom. The molecule has 8 heteroatoms. The monoisotopic (exact) mass is 312 g/mol. The standard InChI is InChI=1S/C13H20N4O3S/c1-4-15-11(18)9-5-8(14)6-17(9)12(19)10-7(2)16-13(20-3)21-10/h8-9H,4-6,14H2,1-3H3,(H,15,18)/t8-,9+/m1/s1. The van der Waals surface area contributed by atoms with Crippen LogP contribution in [0.3, 0.4) is 0 Å². The maximum Gasteiger partial charge on any atom is 0.273 e. The lowest BCUT2D eigenvalue weighted by atomic mass is 10.1. The van der Waals surface area contributed by atoms with Crippen molar-refractivity contribution in [2.45, 2.75) is 32.4 Å². The molecule has 1 saturated heterocycles. The Labute approximate surface area is 127 Å². The van der Waals surface area contributed by atoms with Crippen LogP contribution in [0.4, 0.5) is 0 Å². The number of aryl methyl sites for hydroxylation is 1. The molecule has 1 aliphatic heterocycles. The molecule has 7 nitrogen and oxygen atoms in total. The van der Waals surface area contributed by atoms with Crippen LogP contribution >= 0.6 is 11.3 Å². The smallest absolute Gasteiger partial charge is 0.273 e. The van der Waals surface area contributed by atoms with Crippen molar-refractivity contribution >= 4 is 23.2 Å². The van der Waals surface area contributed by atoms with Gasteiger partial charge in [-0.15, -0.1) is 0 Å². The van der Waals surface area contributed by atoms with E-state index >= 15 is 0 Å². The number of thiazole rings is 1. The van der Waals surface area contributed by atoms with E-state index in [0.29, 0.717) is 35.3 Å². The van der Waals surface area contributed by atoms with E-state index in [1.54, 1.807) is 6.92 Å². The summed E-state index contributed by atoms with van der Waals surface area (Å²) in [5, 5.41) is 3.19. The van der Waals surface area contributed by atoms with Crippen LogP contribution in [-0.2, 0) is 4.79 Å². The molecule has 2 amide bonds. The number of ether oxygens (including phenoxy) is 1. The van der Waals surface area contributed by atoms with Crippen LogP contribution in [0.25, 0.3) is 0 Å². The molecule has 0 aromatic carbocycles. The summed E-state index contributed by atoms with van der Waals surface area (Å²) in [4.78, 5) is 30.9. The number of rotatable bonds is 4. The molecule has 2 atom stereocenters. The normalized spacial score (nSPS) is 21.4. The first-order valence-electron chi connectivity index (χ1n) is 6.83. The number of nitrogens with two attached hydrogens (primary N) is 1. The average Bonchev–Trinajstić information content (AvgIpc) is 3.01. The Balaban J connectivity index is 2.23. The summed E-state index contributed by atoms with van der Waals surface area (Å²) in [7, 11) is 1.51. The topological polar surface area (TPSA) is 97.6 Å². The molecule has 0 saturated carbocycles. The van der Waals surface area contributed by atoms with Gasteiger partial charge < -0.3 is 20.7 Å². The number of hydrogen-bond acceptors (Lipinski definition) is 6. The molecular weight excluding hydrogens is 292 g/mol. The highest BCUT2D eigenvalue weighted by molar-refractivity contribution is 7.15. The van der Waals surface area contributed by atoms with Gasteiger partial charge in [-0.25, -0.2) is 4.98 Å². The number of carbonyl (C=O) groups is 2. The number of nitrogens with one attached hydrogen (secondary N) is 1. The number of hydrogen-bond donors (Lipinski definition) is 2. The van der Waals surface area contributed by atoms with Crippen molar-refractivity contribution in [1.29, 1.82) is 0 Å². The minimum Gasteiger partial charge on any atom is -0.473 e. The summed E-state index contributed by atoms with van der Waals surface area (Å²) in [6.45, 7) is 4.50. The van der Waals surface area contributed by atoms with E-state index in [1.165, 1.54) is 23.3 Å².